The first kappa shape index (κ1) is 14.1. The molecule has 0 amide bonds. The van der Waals surface area contributed by atoms with E-state index in [0.29, 0.717) is 6.61 Å². The van der Waals surface area contributed by atoms with E-state index in [4.69, 9.17) is 10.5 Å². The molecular formula is C16H21NOS. The molecule has 0 aliphatic heterocycles. The fraction of sp³-hybridized carbons (Fsp3) is 0.375. The summed E-state index contributed by atoms with van der Waals surface area (Å²) in [7, 11) is 0. The van der Waals surface area contributed by atoms with Crippen LogP contribution in [0.4, 0.5) is 0 Å². The van der Waals surface area contributed by atoms with Crippen LogP contribution in [-0.4, -0.2) is 6.61 Å². The highest BCUT2D eigenvalue weighted by atomic mass is 32.1. The molecule has 1 aromatic carbocycles. The van der Waals surface area contributed by atoms with E-state index >= 15 is 0 Å². The van der Waals surface area contributed by atoms with Crippen LogP contribution < -0.4 is 10.5 Å². The van der Waals surface area contributed by atoms with Gasteiger partial charge in [0.05, 0.1) is 12.6 Å². The van der Waals surface area contributed by atoms with Crippen molar-refractivity contribution in [1.82, 2.24) is 0 Å². The number of benzene rings is 1. The average Bonchev–Trinajstić information content (AvgIpc) is 2.71. The van der Waals surface area contributed by atoms with Gasteiger partial charge in [-0.2, -0.15) is 0 Å². The van der Waals surface area contributed by atoms with Gasteiger partial charge in [-0.05, 0) is 45.4 Å². The van der Waals surface area contributed by atoms with E-state index in [1.165, 1.54) is 20.9 Å². The SMILES string of the molecule is CCOc1ccc(C)cc1C(N)c1cc(C)c(C)s1. The molecule has 2 aromatic rings. The third-order valence-electron chi connectivity index (χ3n) is 3.29. The summed E-state index contributed by atoms with van der Waals surface area (Å²) in [5.74, 6) is 0.893. The maximum absolute atomic E-state index is 6.43. The standard InChI is InChI=1S/C16H21NOS/c1-5-18-14-7-6-10(2)8-13(14)16(17)15-9-11(3)12(4)19-15/h6-9,16H,5,17H2,1-4H3. The molecule has 2 nitrogen and oxygen atoms in total. The van der Waals surface area contributed by atoms with E-state index in [2.05, 4.69) is 39.0 Å². The van der Waals surface area contributed by atoms with Crippen molar-refractivity contribution in [3.05, 3.63) is 50.7 Å². The third-order valence-corrected chi connectivity index (χ3v) is 4.53. The highest BCUT2D eigenvalue weighted by molar-refractivity contribution is 7.12. The van der Waals surface area contributed by atoms with Gasteiger partial charge in [0.25, 0.3) is 0 Å². The van der Waals surface area contributed by atoms with Gasteiger partial charge in [0.1, 0.15) is 5.75 Å². The predicted octanol–water partition coefficient (Wildman–Crippen LogP) is 4.12. The van der Waals surface area contributed by atoms with E-state index in [9.17, 15) is 0 Å². The summed E-state index contributed by atoms with van der Waals surface area (Å²) >= 11 is 1.77. The number of thiophene rings is 1. The van der Waals surface area contributed by atoms with Crippen LogP contribution >= 0.6 is 11.3 Å². The number of hydrogen-bond acceptors (Lipinski definition) is 3. The Balaban J connectivity index is 2.41. The van der Waals surface area contributed by atoms with Crippen molar-refractivity contribution in [3.8, 4) is 5.75 Å². The van der Waals surface area contributed by atoms with Crippen LogP contribution in [0.2, 0.25) is 0 Å². The summed E-state index contributed by atoms with van der Waals surface area (Å²) in [4.78, 5) is 2.53. The topological polar surface area (TPSA) is 35.2 Å². The molecule has 0 aliphatic carbocycles. The predicted molar refractivity (Wildman–Crippen MR) is 82.2 cm³/mol. The lowest BCUT2D eigenvalue weighted by Gasteiger charge is -2.16. The molecule has 102 valence electrons. The molecule has 3 heteroatoms. The Labute approximate surface area is 119 Å². The number of hydrogen-bond donors (Lipinski definition) is 1. The van der Waals surface area contributed by atoms with E-state index < -0.39 is 0 Å². The molecule has 1 aromatic heterocycles. The minimum atomic E-state index is -0.112. The molecule has 0 saturated carbocycles. The summed E-state index contributed by atoms with van der Waals surface area (Å²) in [6.45, 7) is 8.99. The highest BCUT2D eigenvalue weighted by Crippen LogP contribution is 2.34. The van der Waals surface area contributed by atoms with Crippen LogP contribution in [0, 0.1) is 20.8 Å². The third kappa shape index (κ3) is 2.99. The van der Waals surface area contributed by atoms with Crippen molar-refractivity contribution in [3.63, 3.8) is 0 Å². The molecule has 0 spiro atoms. The second kappa shape index (κ2) is 5.76. The van der Waals surface area contributed by atoms with Crippen molar-refractivity contribution >= 4 is 11.3 Å². The lowest BCUT2D eigenvalue weighted by atomic mass is 10.0. The molecule has 1 atom stereocenters. The van der Waals surface area contributed by atoms with Gasteiger partial charge in [0.15, 0.2) is 0 Å². The van der Waals surface area contributed by atoms with Gasteiger partial charge in [0, 0.05) is 15.3 Å². The summed E-state index contributed by atoms with van der Waals surface area (Å²) in [6.07, 6.45) is 0. The first-order valence-corrected chi connectivity index (χ1v) is 7.40. The summed E-state index contributed by atoms with van der Waals surface area (Å²) in [5, 5.41) is 0. The Kier molecular flexibility index (Phi) is 4.27. The Morgan fingerprint density at radius 1 is 1.21 bits per heavy atom. The smallest absolute Gasteiger partial charge is 0.124 e. The fourth-order valence-electron chi connectivity index (χ4n) is 2.11. The molecule has 19 heavy (non-hydrogen) atoms. The molecule has 1 unspecified atom stereocenters. The summed E-state index contributed by atoms with van der Waals surface area (Å²) in [5.41, 5.74) is 10.0. The maximum atomic E-state index is 6.43. The molecule has 1 heterocycles. The van der Waals surface area contributed by atoms with Crippen LogP contribution in [-0.2, 0) is 0 Å². The zero-order valence-corrected chi connectivity index (χ0v) is 12.8. The van der Waals surface area contributed by atoms with Gasteiger partial charge in [-0.15, -0.1) is 11.3 Å². The molecule has 0 bridgehead atoms. The van der Waals surface area contributed by atoms with Crippen molar-refractivity contribution in [2.45, 2.75) is 33.7 Å². The Bertz CT molecular complexity index is 555. The van der Waals surface area contributed by atoms with Crippen LogP contribution in [0.15, 0.2) is 24.3 Å². The first-order chi connectivity index (χ1) is 9.02. The Morgan fingerprint density at radius 2 is 1.95 bits per heavy atom. The maximum Gasteiger partial charge on any atom is 0.124 e. The molecule has 0 saturated heterocycles. The molecule has 0 aliphatic rings. The number of aryl methyl sites for hydroxylation is 3. The zero-order valence-electron chi connectivity index (χ0n) is 12.0. The van der Waals surface area contributed by atoms with Crippen LogP contribution in [0.1, 0.15) is 39.4 Å². The molecule has 0 radical (unpaired) electrons. The monoisotopic (exact) mass is 275 g/mol. The summed E-state index contributed by atoms with van der Waals surface area (Å²) < 4.78 is 5.70. The van der Waals surface area contributed by atoms with Gasteiger partial charge in [0.2, 0.25) is 0 Å². The largest absolute Gasteiger partial charge is 0.494 e. The van der Waals surface area contributed by atoms with E-state index in [0.717, 1.165) is 11.3 Å². The van der Waals surface area contributed by atoms with Gasteiger partial charge < -0.3 is 10.5 Å². The van der Waals surface area contributed by atoms with Crippen LogP contribution in [0.25, 0.3) is 0 Å². The lowest BCUT2D eigenvalue weighted by Crippen LogP contribution is -2.12. The van der Waals surface area contributed by atoms with Gasteiger partial charge in [-0.1, -0.05) is 17.7 Å². The average molecular weight is 275 g/mol. The van der Waals surface area contributed by atoms with E-state index in [1.807, 2.05) is 13.0 Å². The number of rotatable bonds is 4. The van der Waals surface area contributed by atoms with E-state index in [-0.39, 0.29) is 6.04 Å². The molecule has 2 rings (SSSR count). The van der Waals surface area contributed by atoms with Crippen molar-refractivity contribution in [2.75, 3.05) is 6.61 Å². The lowest BCUT2D eigenvalue weighted by molar-refractivity contribution is 0.335. The highest BCUT2D eigenvalue weighted by Gasteiger charge is 2.17. The van der Waals surface area contributed by atoms with Gasteiger partial charge in [-0.3, -0.25) is 0 Å². The normalized spacial score (nSPS) is 12.5. The molecular weight excluding hydrogens is 254 g/mol. The van der Waals surface area contributed by atoms with Gasteiger partial charge >= 0.3 is 0 Å². The van der Waals surface area contributed by atoms with Crippen LogP contribution in [0.5, 0.6) is 5.75 Å². The quantitative estimate of drug-likeness (QED) is 0.911. The first-order valence-electron chi connectivity index (χ1n) is 6.58. The van der Waals surface area contributed by atoms with Crippen LogP contribution in [0.3, 0.4) is 0 Å². The molecule has 0 fully saturated rings. The van der Waals surface area contributed by atoms with Gasteiger partial charge in [-0.25, -0.2) is 0 Å². The number of nitrogens with two attached hydrogens (primary N) is 1. The minimum absolute atomic E-state index is 0.112. The Hall–Kier alpha value is -1.32. The van der Waals surface area contributed by atoms with Crippen molar-refractivity contribution < 1.29 is 4.74 Å². The zero-order chi connectivity index (χ0) is 14.0. The number of ether oxygens (including phenoxy) is 1. The second-order valence-corrected chi connectivity index (χ2v) is 6.13. The summed E-state index contributed by atoms with van der Waals surface area (Å²) in [6, 6.07) is 8.27. The Morgan fingerprint density at radius 3 is 2.53 bits per heavy atom. The molecule has 2 N–H and O–H groups in total. The minimum Gasteiger partial charge on any atom is -0.494 e. The van der Waals surface area contributed by atoms with E-state index in [1.54, 1.807) is 11.3 Å². The van der Waals surface area contributed by atoms with Crippen molar-refractivity contribution in [1.29, 1.82) is 0 Å². The van der Waals surface area contributed by atoms with Crippen molar-refractivity contribution in [2.24, 2.45) is 5.73 Å². The second-order valence-electron chi connectivity index (χ2n) is 4.84. The fourth-order valence-corrected chi connectivity index (χ4v) is 3.17.